The minimum atomic E-state index is -0.254. The molecule has 1 aromatic rings. The summed E-state index contributed by atoms with van der Waals surface area (Å²) >= 11 is 5.94. The number of halogens is 1. The Bertz CT molecular complexity index is 430. The third kappa shape index (κ3) is 1.87. The number of rotatable bonds is 3. The Kier molecular flexibility index (Phi) is 3.04. The minimum absolute atomic E-state index is 0.0877. The van der Waals surface area contributed by atoms with Gasteiger partial charge in [0.2, 0.25) is 0 Å². The van der Waals surface area contributed by atoms with E-state index in [2.05, 4.69) is 11.4 Å². The lowest BCUT2D eigenvalue weighted by Crippen LogP contribution is -2.48. The highest BCUT2D eigenvalue weighted by atomic mass is 35.5. The van der Waals surface area contributed by atoms with Crippen LogP contribution in [-0.4, -0.2) is 17.3 Å². The highest BCUT2D eigenvalue weighted by Crippen LogP contribution is 2.36. The van der Waals surface area contributed by atoms with E-state index in [1.165, 1.54) is 0 Å². The predicted octanol–water partition coefficient (Wildman–Crippen LogP) is 2.54. The highest BCUT2D eigenvalue weighted by molar-refractivity contribution is 6.32. The van der Waals surface area contributed by atoms with Crippen LogP contribution in [-0.2, 0) is 0 Å². The second-order valence-electron chi connectivity index (χ2n) is 4.19. The zero-order valence-electron chi connectivity index (χ0n) is 8.83. The molecule has 0 atom stereocenters. The molecule has 0 radical (unpaired) electrons. The Balaban J connectivity index is 2.28. The van der Waals surface area contributed by atoms with Crippen molar-refractivity contribution in [1.29, 1.82) is 5.26 Å². The molecule has 1 aliphatic carbocycles. The van der Waals surface area contributed by atoms with Crippen LogP contribution in [0.1, 0.15) is 24.8 Å². The summed E-state index contributed by atoms with van der Waals surface area (Å²) in [4.78, 5) is 0. The molecule has 1 aromatic carbocycles. The molecule has 2 rings (SSSR count). The van der Waals surface area contributed by atoms with Crippen LogP contribution in [0.2, 0.25) is 5.02 Å². The van der Waals surface area contributed by atoms with Gasteiger partial charge in [0.15, 0.2) is 0 Å². The van der Waals surface area contributed by atoms with Crippen molar-refractivity contribution in [3.63, 3.8) is 0 Å². The molecular formula is C12H13ClN2O. The van der Waals surface area contributed by atoms with Crippen molar-refractivity contribution >= 4 is 17.3 Å². The lowest BCUT2D eigenvalue weighted by molar-refractivity contribution is 0.144. The lowest BCUT2D eigenvalue weighted by Gasteiger charge is -2.42. The molecule has 0 aromatic heterocycles. The molecule has 3 nitrogen and oxygen atoms in total. The molecule has 1 aliphatic rings. The van der Waals surface area contributed by atoms with E-state index in [0.29, 0.717) is 16.3 Å². The quantitative estimate of drug-likeness (QED) is 0.848. The van der Waals surface area contributed by atoms with Gasteiger partial charge in [0.1, 0.15) is 6.07 Å². The van der Waals surface area contributed by atoms with Gasteiger partial charge < -0.3 is 10.4 Å². The van der Waals surface area contributed by atoms with Crippen molar-refractivity contribution in [2.45, 2.75) is 24.8 Å². The van der Waals surface area contributed by atoms with Crippen molar-refractivity contribution < 1.29 is 5.11 Å². The van der Waals surface area contributed by atoms with Gasteiger partial charge in [0, 0.05) is 0 Å². The average molecular weight is 237 g/mol. The smallest absolute Gasteiger partial charge is 0.103 e. The van der Waals surface area contributed by atoms with E-state index >= 15 is 0 Å². The van der Waals surface area contributed by atoms with Crippen LogP contribution < -0.4 is 5.32 Å². The standard InChI is InChI=1S/C12H13ClN2O/c13-10-3-1-4-11(9(10)7-14)15-12(8-16)5-2-6-12/h1,3-4,15-16H,2,5-6,8H2. The molecule has 0 amide bonds. The minimum Gasteiger partial charge on any atom is -0.394 e. The Labute approximate surface area is 99.7 Å². The van der Waals surface area contributed by atoms with E-state index in [9.17, 15) is 5.11 Å². The Morgan fingerprint density at radius 1 is 1.50 bits per heavy atom. The third-order valence-electron chi connectivity index (χ3n) is 3.14. The summed E-state index contributed by atoms with van der Waals surface area (Å²) < 4.78 is 0. The number of nitriles is 1. The summed E-state index contributed by atoms with van der Waals surface area (Å²) in [5.41, 5.74) is 0.906. The van der Waals surface area contributed by atoms with Crippen LogP contribution in [0.25, 0.3) is 0 Å². The number of hydrogen-bond donors (Lipinski definition) is 2. The molecule has 16 heavy (non-hydrogen) atoms. The SMILES string of the molecule is N#Cc1c(Cl)cccc1NC1(CO)CCC1. The maximum absolute atomic E-state index is 9.35. The summed E-state index contributed by atoms with van der Waals surface area (Å²) in [5.74, 6) is 0. The average Bonchev–Trinajstić information content (AvgIpc) is 2.23. The first-order valence-electron chi connectivity index (χ1n) is 5.28. The van der Waals surface area contributed by atoms with Gasteiger partial charge in [-0.1, -0.05) is 17.7 Å². The zero-order chi connectivity index (χ0) is 11.6. The van der Waals surface area contributed by atoms with Crippen molar-refractivity contribution in [2.24, 2.45) is 0 Å². The zero-order valence-corrected chi connectivity index (χ0v) is 9.59. The molecule has 0 bridgehead atoms. The lowest BCUT2D eigenvalue weighted by atomic mass is 9.77. The molecular weight excluding hydrogens is 224 g/mol. The van der Waals surface area contributed by atoms with Crippen LogP contribution >= 0.6 is 11.6 Å². The maximum atomic E-state index is 9.35. The Morgan fingerprint density at radius 2 is 2.25 bits per heavy atom. The van der Waals surface area contributed by atoms with Crippen LogP contribution in [0, 0.1) is 11.3 Å². The Hall–Kier alpha value is -1.24. The van der Waals surface area contributed by atoms with Crippen LogP contribution in [0.4, 0.5) is 5.69 Å². The molecule has 0 aliphatic heterocycles. The van der Waals surface area contributed by atoms with E-state index in [1.807, 2.05) is 6.07 Å². The van der Waals surface area contributed by atoms with Crippen molar-refractivity contribution in [1.82, 2.24) is 0 Å². The molecule has 0 saturated heterocycles. The second-order valence-corrected chi connectivity index (χ2v) is 4.60. The molecule has 1 saturated carbocycles. The summed E-state index contributed by atoms with van der Waals surface area (Å²) in [6, 6.07) is 7.40. The second kappa shape index (κ2) is 4.32. The molecule has 4 heteroatoms. The summed E-state index contributed by atoms with van der Waals surface area (Å²) in [5, 5.41) is 22.1. The number of nitrogens with one attached hydrogen (secondary N) is 1. The summed E-state index contributed by atoms with van der Waals surface area (Å²) in [6.45, 7) is 0.0877. The first-order valence-corrected chi connectivity index (χ1v) is 5.66. The molecule has 0 unspecified atom stereocenters. The maximum Gasteiger partial charge on any atom is 0.103 e. The fourth-order valence-electron chi connectivity index (χ4n) is 1.95. The normalized spacial score (nSPS) is 17.3. The number of benzene rings is 1. The van der Waals surface area contributed by atoms with Gasteiger partial charge in [0.05, 0.1) is 28.4 Å². The van der Waals surface area contributed by atoms with Crippen LogP contribution in [0.15, 0.2) is 18.2 Å². The van der Waals surface area contributed by atoms with Crippen molar-refractivity contribution in [3.05, 3.63) is 28.8 Å². The van der Waals surface area contributed by atoms with Gasteiger partial charge in [-0.05, 0) is 31.4 Å². The summed E-state index contributed by atoms with van der Waals surface area (Å²) in [6.07, 6.45) is 2.97. The number of aliphatic hydroxyl groups excluding tert-OH is 1. The molecule has 2 N–H and O–H groups in total. The van der Waals surface area contributed by atoms with Crippen molar-refractivity contribution in [2.75, 3.05) is 11.9 Å². The molecule has 0 spiro atoms. The van der Waals surface area contributed by atoms with E-state index in [1.54, 1.807) is 12.1 Å². The third-order valence-corrected chi connectivity index (χ3v) is 3.45. The van der Waals surface area contributed by atoms with Gasteiger partial charge in [-0.25, -0.2) is 0 Å². The van der Waals surface area contributed by atoms with Gasteiger partial charge in [0.25, 0.3) is 0 Å². The number of anilines is 1. The molecule has 84 valence electrons. The molecule has 1 fully saturated rings. The molecule has 0 heterocycles. The number of hydrogen-bond acceptors (Lipinski definition) is 3. The number of nitrogens with zero attached hydrogens (tertiary/aromatic N) is 1. The number of aliphatic hydroxyl groups is 1. The van der Waals surface area contributed by atoms with Crippen molar-refractivity contribution in [3.8, 4) is 6.07 Å². The Morgan fingerprint density at radius 3 is 2.75 bits per heavy atom. The largest absolute Gasteiger partial charge is 0.394 e. The monoisotopic (exact) mass is 236 g/mol. The topological polar surface area (TPSA) is 56.0 Å². The van der Waals surface area contributed by atoms with Gasteiger partial charge >= 0.3 is 0 Å². The van der Waals surface area contributed by atoms with Gasteiger partial charge in [-0.15, -0.1) is 0 Å². The first kappa shape index (κ1) is 11.3. The van der Waals surface area contributed by atoms with Crippen LogP contribution in [0.5, 0.6) is 0 Å². The highest BCUT2D eigenvalue weighted by Gasteiger charge is 2.36. The van der Waals surface area contributed by atoms with E-state index < -0.39 is 0 Å². The van der Waals surface area contributed by atoms with E-state index in [-0.39, 0.29) is 12.1 Å². The fraction of sp³-hybridized carbons (Fsp3) is 0.417. The van der Waals surface area contributed by atoms with Gasteiger partial charge in [-0.3, -0.25) is 0 Å². The predicted molar refractivity (Wildman–Crippen MR) is 63.5 cm³/mol. The summed E-state index contributed by atoms with van der Waals surface area (Å²) in [7, 11) is 0. The van der Waals surface area contributed by atoms with E-state index in [4.69, 9.17) is 16.9 Å². The fourth-order valence-corrected chi connectivity index (χ4v) is 2.17. The van der Waals surface area contributed by atoms with E-state index in [0.717, 1.165) is 19.3 Å². The van der Waals surface area contributed by atoms with Gasteiger partial charge in [-0.2, -0.15) is 5.26 Å². The van der Waals surface area contributed by atoms with Crippen LogP contribution in [0.3, 0.4) is 0 Å². The first-order chi connectivity index (χ1) is 7.71.